The van der Waals surface area contributed by atoms with E-state index in [1.807, 2.05) is 0 Å². The Hall–Kier alpha value is -1.74. The van der Waals surface area contributed by atoms with Crippen LogP contribution in [-0.4, -0.2) is 11.6 Å². The van der Waals surface area contributed by atoms with E-state index in [2.05, 4.69) is 0 Å². The maximum Gasteiger partial charge on any atom is 0.197 e. The summed E-state index contributed by atoms with van der Waals surface area (Å²) in [6.45, 7) is 3.26. The minimum atomic E-state index is -0.553. The summed E-state index contributed by atoms with van der Waals surface area (Å²) in [5, 5.41) is 0.975. The molecular formula is C22H13Cl4O3P. The lowest BCUT2D eigenvalue weighted by atomic mass is 9.87. The van der Waals surface area contributed by atoms with Crippen LogP contribution in [0.3, 0.4) is 0 Å². The lowest BCUT2D eigenvalue weighted by Gasteiger charge is -2.17. The maximum atomic E-state index is 13.6. The second-order valence-electron chi connectivity index (χ2n) is 6.53. The van der Waals surface area contributed by atoms with E-state index in [-0.39, 0.29) is 50.8 Å². The van der Waals surface area contributed by atoms with Gasteiger partial charge in [0.1, 0.15) is 0 Å². The van der Waals surface area contributed by atoms with E-state index in [4.69, 9.17) is 46.4 Å². The molecule has 3 nitrogen and oxygen atoms in total. The van der Waals surface area contributed by atoms with Crippen LogP contribution in [0.4, 0.5) is 0 Å². The van der Waals surface area contributed by atoms with Crippen molar-refractivity contribution in [1.82, 2.24) is 0 Å². The largest absolute Gasteiger partial charge is 0.288 e. The number of ketones is 2. The van der Waals surface area contributed by atoms with Gasteiger partial charge in [-0.25, -0.2) is 0 Å². The molecule has 0 aliphatic heterocycles. The third-order valence-corrected chi connectivity index (χ3v) is 6.61. The summed E-state index contributed by atoms with van der Waals surface area (Å²) in [5.74, 6) is -1.07. The molecule has 3 aromatic carbocycles. The van der Waals surface area contributed by atoms with Crippen LogP contribution < -0.4 is 5.30 Å². The molecule has 0 aliphatic carbocycles. The molecule has 0 bridgehead atoms. The normalized spacial score (nSPS) is 11.0. The summed E-state index contributed by atoms with van der Waals surface area (Å²) in [4.78, 5) is 27.1. The molecule has 0 fully saturated rings. The third-order valence-electron chi connectivity index (χ3n) is 4.69. The van der Waals surface area contributed by atoms with Crippen molar-refractivity contribution in [2.75, 3.05) is 0 Å². The molecule has 0 aromatic heterocycles. The van der Waals surface area contributed by atoms with Gasteiger partial charge < -0.3 is 0 Å². The van der Waals surface area contributed by atoms with E-state index in [9.17, 15) is 14.2 Å². The van der Waals surface area contributed by atoms with Crippen LogP contribution >= 0.6 is 54.9 Å². The molecule has 0 amide bonds. The van der Waals surface area contributed by atoms with Crippen LogP contribution in [-0.2, 0) is 4.57 Å². The van der Waals surface area contributed by atoms with E-state index >= 15 is 0 Å². The Morgan fingerprint density at radius 1 is 0.700 bits per heavy atom. The number of hydrogen-bond donors (Lipinski definition) is 0. The fourth-order valence-electron chi connectivity index (χ4n) is 3.25. The van der Waals surface area contributed by atoms with Gasteiger partial charge in [-0.15, -0.1) is 0 Å². The van der Waals surface area contributed by atoms with Crippen LogP contribution in [0, 0.1) is 13.8 Å². The van der Waals surface area contributed by atoms with Gasteiger partial charge in [0, 0.05) is 16.4 Å². The van der Waals surface area contributed by atoms with Crippen LogP contribution in [0.25, 0.3) is 0 Å². The molecule has 0 atom stereocenters. The van der Waals surface area contributed by atoms with Gasteiger partial charge in [-0.2, -0.15) is 0 Å². The summed E-state index contributed by atoms with van der Waals surface area (Å²) in [7, 11) is -0.289. The number of hydrogen-bond acceptors (Lipinski definition) is 3. The average Bonchev–Trinajstić information content (AvgIpc) is 2.68. The SMILES string of the molecule is Cc1cc(P=O)c(C)c(C(=O)c2c(Cl)cccc2Cl)c1C(=O)c1c(Cl)cccc1Cl. The van der Waals surface area contributed by atoms with Crippen molar-refractivity contribution in [3.05, 3.63) is 95.9 Å². The molecule has 3 rings (SSSR count). The third kappa shape index (κ3) is 4.06. The first-order valence-corrected chi connectivity index (χ1v) is 11.0. The summed E-state index contributed by atoms with van der Waals surface area (Å²) in [6.07, 6.45) is 0. The van der Waals surface area contributed by atoms with E-state index < -0.39 is 11.6 Å². The number of carbonyl (C=O) groups excluding carboxylic acids is 2. The zero-order valence-corrected chi connectivity index (χ0v) is 19.6. The molecule has 8 heteroatoms. The Labute approximate surface area is 195 Å². The average molecular weight is 498 g/mol. The summed E-state index contributed by atoms with van der Waals surface area (Å²) in [5.41, 5.74) is 1.13. The van der Waals surface area contributed by atoms with E-state index in [0.717, 1.165) is 0 Å². The van der Waals surface area contributed by atoms with E-state index in [0.29, 0.717) is 16.4 Å². The van der Waals surface area contributed by atoms with Crippen LogP contribution in [0.5, 0.6) is 0 Å². The number of carbonyl (C=O) groups is 2. The molecule has 3 aromatic rings. The summed E-state index contributed by atoms with van der Waals surface area (Å²) < 4.78 is 11.7. The van der Waals surface area contributed by atoms with Crippen molar-refractivity contribution in [2.24, 2.45) is 0 Å². The highest BCUT2D eigenvalue weighted by atomic mass is 35.5. The van der Waals surface area contributed by atoms with Crippen LogP contribution in [0.15, 0.2) is 42.5 Å². The van der Waals surface area contributed by atoms with Crippen molar-refractivity contribution in [3.63, 3.8) is 0 Å². The molecule has 0 aliphatic rings. The van der Waals surface area contributed by atoms with Crippen molar-refractivity contribution < 1.29 is 14.2 Å². The highest BCUT2D eigenvalue weighted by Gasteiger charge is 2.29. The zero-order chi connectivity index (χ0) is 22.2. The molecule has 0 unspecified atom stereocenters. The Kier molecular flexibility index (Phi) is 7.02. The summed E-state index contributed by atoms with van der Waals surface area (Å²) >= 11 is 25.0. The lowest BCUT2D eigenvalue weighted by Crippen LogP contribution is -2.20. The smallest absolute Gasteiger partial charge is 0.197 e. The van der Waals surface area contributed by atoms with E-state index in [1.54, 1.807) is 44.2 Å². The molecule has 30 heavy (non-hydrogen) atoms. The predicted octanol–water partition coefficient (Wildman–Crippen LogP) is 7.30. The predicted molar refractivity (Wildman–Crippen MR) is 123 cm³/mol. The van der Waals surface area contributed by atoms with Gasteiger partial charge in [0.2, 0.25) is 0 Å². The highest BCUT2D eigenvalue weighted by Crippen LogP contribution is 2.34. The molecule has 0 radical (unpaired) electrons. The van der Waals surface area contributed by atoms with Gasteiger partial charge in [0.05, 0.1) is 31.2 Å². The van der Waals surface area contributed by atoms with Crippen molar-refractivity contribution in [1.29, 1.82) is 0 Å². The summed E-state index contributed by atoms with van der Waals surface area (Å²) in [6, 6.07) is 11.0. The molecule has 152 valence electrons. The molecular weight excluding hydrogens is 485 g/mol. The fourth-order valence-corrected chi connectivity index (χ4v) is 4.88. The topological polar surface area (TPSA) is 51.2 Å². The highest BCUT2D eigenvalue weighted by molar-refractivity contribution is 7.34. The molecule has 0 spiro atoms. The van der Waals surface area contributed by atoms with Crippen LogP contribution in [0.2, 0.25) is 20.1 Å². The molecule has 0 heterocycles. The Morgan fingerprint density at radius 3 is 1.50 bits per heavy atom. The minimum absolute atomic E-state index is 0.0577. The second kappa shape index (κ2) is 9.18. The van der Waals surface area contributed by atoms with Gasteiger partial charge in [-0.3, -0.25) is 14.2 Å². The quantitative estimate of drug-likeness (QED) is 0.274. The number of aryl methyl sites for hydroxylation is 1. The standard InChI is InChI=1S/C22H13Cl4O3P/c1-10-9-16(30-29)11(2)18(22(28)20-14(25)7-4-8-15(20)26)17(10)21(27)19-12(23)5-3-6-13(19)24/h3-9H,1-2H3. The number of halogens is 4. The van der Waals surface area contributed by atoms with Crippen molar-refractivity contribution >= 4 is 71.7 Å². The van der Waals surface area contributed by atoms with E-state index in [1.165, 1.54) is 12.1 Å². The first-order valence-electron chi connectivity index (χ1n) is 8.64. The lowest BCUT2D eigenvalue weighted by molar-refractivity contribution is 0.100. The fraction of sp³-hybridized carbons (Fsp3) is 0.0909. The van der Waals surface area contributed by atoms with Crippen molar-refractivity contribution in [2.45, 2.75) is 13.8 Å². The minimum Gasteiger partial charge on any atom is -0.288 e. The van der Waals surface area contributed by atoms with Crippen molar-refractivity contribution in [3.8, 4) is 0 Å². The van der Waals surface area contributed by atoms with Gasteiger partial charge in [-0.05, 0) is 55.3 Å². The van der Waals surface area contributed by atoms with Gasteiger partial charge >= 0.3 is 0 Å². The number of benzene rings is 3. The molecule has 0 saturated carbocycles. The number of rotatable bonds is 5. The van der Waals surface area contributed by atoms with Gasteiger partial charge in [-0.1, -0.05) is 58.5 Å². The van der Waals surface area contributed by atoms with Gasteiger partial charge in [0.25, 0.3) is 0 Å². The zero-order valence-electron chi connectivity index (χ0n) is 15.7. The van der Waals surface area contributed by atoms with Gasteiger partial charge in [0.15, 0.2) is 20.0 Å². The molecule has 0 saturated heterocycles. The monoisotopic (exact) mass is 496 g/mol. The maximum absolute atomic E-state index is 13.6. The first-order chi connectivity index (χ1) is 14.2. The first kappa shape index (κ1) is 22.9. The Bertz CT molecular complexity index is 1180. The van der Waals surface area contributed by atoms with Crippen LogP contribution in [0.1, 0.15) is 43.0 Å². The Balaban J connectivity index is 2.38. The molecule has 0 N–H and O–H groups in total. The second-order valence-corrected chi connectivity index (χ2v) is 8.82. The Morgan fingerprint density at radius 2 is 1.10 bits per heavy atom.